The number of aromatic nitrogens is 3. The Morgan fingerprint density at radius 1 is 1.03 bits per heavy atom. The summed E-state index contributed by atoms with van der Waals surface area (Å²) in [6.45, 7) is 5.99. The van der Waals surface area contributed by atoms with Gasteiger partial charge in [-0.05, 0) is 61.7 Å². The van der Waals surface area contributed by atoms with Gasteiger partial charge in [-0.1, -0.05) is 65.9 Å². The smallest absolute Gasteiger partial charge is 0.335 e. The van der Waals surface area contributed by atoms with Crippen molar-refractivity contribution >= 4 is 35.3 Å². The van der Waals surface area contributed by atoms with Crippen molar-refractivity contribution < 1.29 is 14.7 Å². The Morgan fingerprint density at radius 3 is 2.47 bits per heavy atom. The van der Waals surface area contributed by atoms with Gasteiger partial charge in [-0.15, -0.1) is 5.10 Å². The Labute approximate surface area is 224 Å². The van der Waals surface area contributed by atoms with Gasteiger partial charge in [0.15, 0.2) is 0 Å². The number of aryl methyl sites for hydroxylation is 2. The van der Waals surface area contributed by atoms with E-state index >= 15 is 0 Å². The molecule has 0 fully saturated rings. The van der Waals surface area contributed by atoms with Crippen LogP contribution in [0.15, 0.2) is 89.2 Å². The lowest BCUT2D eigenvalue weighted by Gasteiger charge is -2.28. The summed E-state index contributed by atoms with van der Waals surface area (Å²) < 4.78 is 1.70. The van der Waals surface area contributed by atoms with Gasteiger partial charge in [0.25, 0.3) is 5.91 Å². The van der Waals surface area contributed by atoms with Crippen LogP contribution in [0.3, 0.4) is 0 Å². The van der Waals surface area contributed by atoms with Crippen LogP contribution in [0.1, 0.15) is 45.6 Å². The number of hydrogen-bond acceptors (Lipinski definition) is 6. The lowest BCUT2D eigenvalue weighted by Crippen LogP contribution is -2.31. The van der Waals surface area contributed by atoms with Crippen LogP contribution in [-0.2, 0) is 10.5 Å². The zero-order valence-electron chi connectivity index (χ0n) is 21.2. The molecule has 2 heterocycles. The SMILES string of the molecule is CC1=C(C(=O)Nc2ccccc2)[C@H](c2ccc(C(=O)O)cc2)n2nc(SCc3cc(C)ccc3C)nc2N1. The number of nitrogens with one attached hydrogen (secondary N) is 2. The predicted octanol–water partition coefficient (Wildman–Crippen LogP) is 5.81. The molecule has 38 heavy (non-hydrogen) atoms. The number of carboxylic acid groups (broad SMARTS) is 1. The molecular formula is C29H27N5O3S. The number of allylic oxidation sites excluding steroid dienone is 1. The average molecular weight is 526 g/mol. The molecule has 1 aromatic heterocycles. The molecule has 0 saturated carbocycles. The minimum Gasteiger partial charge on any atom is -0.478 e. The summed E-state index contributed by atoms with van der Waals surface area (Å²) in [7, 11) is 0. The van der Waals surface area contributed by atoms with Crippen molar-refractivity contribution in [1.29, 1.82) is 0 Å². The molecule has 3 N–H and O–H groups in total. The van der Waals surface area contributed by atoms with Crippen LogP contribution < -0.4 is 10.6 Å². The van der Waals surface area contributed by atoms with Crippen LogP contribution in [0.2, 0.25) is 0 Å². The first-order chi connectivity index (χ1) is 18.3. The molecule has 0 spiro atoms. The van der Waals surface area contributed by atoms with E-state index in [1.165, 1.54) is 40.6 Å². The van der Waals surface area contributed by atoms with Crippen molar-refractivity contribution in [1.82, 2.24) is 14.8 Å². The summed E-state index contributed by atoms with van der Waals surface area (Å²) in [5.74, 6) is -0.0566. The second kappa shape index (κ2) is 10.5. The number of amides is 1. The zero-order chi connectivity index (χ0) is 26.8. The summed E-state index contributed by atoms with van der Waals surface area (Å²) in [6.07, 6.45) is 0. The molecule has 192 valence electrons. The predicted molar refractivity (Wildman–Crippen MR) is 148 cm³/mol. The Kier molecular flexibility index (Phi) is 7.02. The van der Waals surface area contributed by atoms with Gasteiger partial charge in [0.05, 0.1) is 11.1 Å². The quantitative estimate of drug-likeness (QED) is 0.261. The van der Waals surface area contributed by atoms with Gasteiger partial charge in [0, 0.05) is 17.1 Å². The normalized spacial score (nSPS) is 14.6. The van der Waals surface area contributed by atoms with Crippen LogP contribution in [0.5, 0.6) is 0 Å². The molecule has 4 aromatic rings. The van der Waals surface area contributed by atoms with Crippen LogP contribution in [0.4, 0.5) is 11.6 Å². The van der Waals surface area contributed by atoms with E-state index in [2.05, 4.69) is 42.7 Å². The lowest BCUT2D eigenvalue weighted by molar-refractivity contribution is -0.113. The Bertz CT molecular complexity index is 1540. The summed E-state index contributed by atoms with van der Waals surface area (Å²) in [5, 5.41) is 20.9. The van der Waals surface area contributed by atoms with Gasteiger partial charge >= 0.3 is 5.97 Å². The molecular weight excluding hydrogens is 498 g/mol. The number of carbonyl (C=O) groups is 2. The van der Waals surface area contributed by atoms with E-state index < -0.39 is 12.0 Å². The molecule has 0 radical (unpaired) electrons. The second-order valence-corrected chi connectivity index (χ2v) is 10.1. The molecule has 8 nitrogen and oxygen atoms in total. The van der Waals surface area contributed by atoms with Crippen LogP contribution >= 0.6 is 11.8 Å². The molecule has 0 aliphatic carbocycles. The van der Waals surface area contributed by atoms with E-state index in [-0.39, 0.29) is 11.5 Å². The van der Waals surface area contributed by atoms with E-state index in [9.17, 15) is 14.7 Å². The Hall–Kier alpha value is -4.37. The number of carbonyl (C=O) groups excluding carboxylic acids is 1. The van der Waals surface area contributed by atoms with E-state index in [0.717, 1.165) is 5.56 Å². The van der Waals surface area contributed by atoms with Crippen molar-refractivity contribution in [3.8, 4) is 0 Å². The molecule has 9 heteroatoms. The molecule has 3 aromatic carbocycles. The van der Waals surface area contributed by atoms with Crippen molar-refractivity contribution in [3.05, 3.63) is 112 Å². The summed E-state index contributed by atoms with van der Waals surface area (Å²) in [4.78, 5) is 29.7. The second-order valence-electron chi connectivity index (χ2n) is 9.19. The van der Waals surface area contributed by atoms with Gasteiger partial charge < -0.3 is 15.7 Å². The van der Waals surface area contributed by atoms with E-state index in [4.69, 9.17) is 10.1 Å². The number of thioether (sulfide) groups is 1. The van der Waals surface area contributed by atoms with Crippen LogP contribution in [0.25, 0.3) is 0 Å². The zero-order valence-corrected chi connectivity index (χ0v) is 22.0. The number of nitrogens with zero attached hydrogens (tertiary/aromatic N) is 3. The highest BCUT2D eigenvalue weighted by atomic mass is 32.2. The number of hydrogen-bond donors (Lipinski definition) is 3. The van der Waals surface area contributed by atoms with Crippen molar-refractivity contribution in [2.45, 2.75) is 37.7 Å². The first-order valence-corrected chi connectivity index (χ1v) is 13.1. The maximum absolute atomic E-state index is 13.6. The number of anilines is 2. The molecule has 0 saturated heterocycles. The first kappa shape index (κ1) is 25.3. The number of fused-ring (bicyclic) bond motifs is 1. The maximum Gasteiger partial charge on any atom is 0.335 e. The van der Waals surface area contributed by atoms with Crippen LogP contribution in [0, 0.1) is 13.8 Å². The third-order valence-corrected chi connectivity index (χ3v) is 7.33. The highest BCUT2D eigenvalue weighted by molar-refractivity contribution is 7.98. The Balaban J connectivity index is 1.50. The number of aromatic carboxylic acids is 1. The monoisotopic (exact) mass is 525 g/mol. The standard InChI is InChI=1S/C29H27N5O3S/c1-17-9-10-18(2)22(15-17)16-38-29-32-28-30-19(3)24(26(35)31-23-7-5-4-6-8-23)25(34(28)33-29)20-11-13-21(14-12-20)27(36)37/h4-15,25H,16H2,1-3H3,(H,31,35)(H,36,37)(H,30,32,33)/t25-/m0/s1. The van der Waals surface area contributed by atoms with Gasteiger partial charge in [0.2, 0.25) is 11.1 Å². The third kappa shape index (κ3) is 5.19. The lowest BCUT2D eigenvalue weighted by atomic mass is 9.94. The summed E-state index contributed by atoms with van der Waals surface area (Å²) >= 11 is 1.53. The van der Waals surface area contributed by atoms with Crippen molar-refractivity contribution in [3.63, 3.8) is 0 Å². The van der Waals surface area contributed by atoms with E-state index in [1.807, 2.05) is 37.3 Å². The summed E-state index contributed by atoms with van der Waals surface area (Å²) in [5.41, 5.74) is 6.31. The van der Waals surface area contributed by atoms with E-state index in [0.29, 0.717) is 33.8 Å². The minimum atomic E-state index is -1.01. The first-order valence-electron chi connectivity index (χ1n) is 12.1. The fourth-order valence-corrected chi connectivity index (χ4v) is 5.31. The highest BCUT2D eigenvalue weighted by Crippen LogP contribution is 2.37. The topological polar surface area (TPSA) is 109 Å². The van der Waals surface area contributed by atoms with E-state index in [1.54, 1.807) is 16.8 Å². The fourth-order valence-electron chi connectivity index (χ4n) is 4.42. The van der Waals surface area contributed by atoms with Gasteiger partial charge in [0.1, 0.15) is 6.04 Å². The van der Waals surface area contributed by atoms with Crippen molar-refractivity contribution in [2.24, 2.45) is 0 Å². The minimum absolute atomic E-state index is 0.169. The number of carboxylic acids is 1. The van der Waals surface area contributed by atoms with Gasteiger partial charge in [-0.2, -0.15) is 4.98 Å². The molecule has 0 bridgehead atoms. The molecule has 0 unspecified atom stereocenters. The average Bonchev–Trinajstić information content (AvgIpc) is 3.31. The third-order valence-electron chi connectivity index (χ3n) is 6.44. The van der Waals surface area contributed by atoms with Gasteiger partial charge in [-0.25, -0.2) is 9.48 Å². The molecule has 1 aliphatic rings. The number of para-hydroxylation sites is 1. The largest absolute Gasteiger partial charge is 0.478 e. The molecule has 1 amide bonds. The molecule has 1 atom stereocenters. The summed E-state index contributed by atoms with van der Waals surface area (Å²) in [6, 6.07) is 21.5. The molecule has 1 aliphatic heterocycles. The fraction of sp³-hybridized carbons (Fsp3) is 0.172. The Morgan fingerprint density at radius 2 is 1.76 bits per heavy atom. The van der Waals surface area contributed by atoms with Crippen molar-refractivity contribution in [2.75, 3.05) is 10.6 Å². The van der Waals surface area contributed by atoms with Crippen LogP contribution in [-0.4, -0.2) is 31.7 Å². The van der Waals surface area contributed by atoms with Gasteiger partial charge in [-0.3, -0.25) is 4.79 Å². The number of rotatable bonds is 7. The number of benzene rings is 3. The molecule has 5 rings (SSSR count). The highest BCUT2D eigenvalue weighted by Gasteiger charge is 2.34. The maximum atomic E-state index is 13.6.